The first kappa shape index (κ1) is 38.9. The molecule has 0 radical (unpaired) electrons. The Morgan fingerprint density at radius 2 is 1.53 bits per heavy atom. The molecule has 13 nitrogen and oxygen atoms in total. The number of nitrogens with one attached hydrogen (secondary N) is 2. The van der Waals surface area contributed by atoms with Crippen LogP contribution in [0, 0.1) is 0 Å². The zero-order valence-corrected chi connectivity index (χ0v) is 29.8. The van der Waals surface area contributed by atoms with E-state index in [1.807, 2.05) is 63.2 Å². The van der Waals surface area contributed by atoms with Crippen LogP contribution in [0.4, 0.5) is 10.5 Å². The fourth-order valence-corrected chi connectivity index (χ4v) is 5.21. The van der Waals surface area contributed by atoms with Crippen LogP contribution in [0.25, 0.3) is 10.8 Å². The third-order valence-electron chi connectivity index (χ3n) is 7.50. The summed E-state index contributed by atoms with van der Waals surface area (Å²) in [4.78, 5) is 60.8. The maximum Gasteiger partial charge on any atom is 0.336 e. The Balaban J connectivity index is 1.90. The second-order valence-corrected chi connectivity index (χ2v) is 12.6. The number of esters is 1. The lowest BCUT2D eigenvalue weighted by Crippen LogP contribution is -2.57. The normalized spacial score (nSPS) is 12.8. The van der Waals surface area contributed by atoms with Crippen LogP contribution in [-0.2, 0) is 35.1 Å². The van der Waals surface area contributed by atoms with Crippen LogP contribution in [-0.4, -0.2) is 96.5 Å². The van der Waals surface area contributed by atoms with Crippen LogP contribution in [0.3, 0.4) is 0 Å². The molecule has 1 heterocycles. The Hall–Kier alpha value is -4.59. The third kappa shape index (κ3) is 11.8. The lowest BCUT2D eigenvalue weighted by atomic mass is 10.0. The SMILES string of the molecule is CCOC(OCC)[C@H](C)N(Cc1cccc2ccccc12)C(=O)[C@H](CC(=O)OC(C)(C)C)NC(=O)CN(C)NC(=O)N(C)c1ccncc1. The van der Waals surface area contributed by atoms with Gasteiger partial charge in [0, 0.05) is 51.9 Å². The summed E-state index contributed by atoms with van der Waals surface area (Å²) in [5.74, 6) is -1.77. The summed E-state index contributed by atoms with van der Waals surface area (Å²) in [5, 5.41) is 5.99. The highest BCUT2D eigenvalue weighted by Gasteiger charge is 2.36. The van der Waals surface area contributed by atoms with Gasteiger partial charge in [0.25, 0.3) is 0 Å². The van der Waals surface area contributed by atoms with Crippen molar-refractivity contribution < 1.29 is 33.4 Å². The van der Waals surface area contributed by atoms with Crippen LogP contribution < -0.4 is 15.6 Å². The van der Waals surface area contributed by atoms with Gasteiger partial charge < -0.3 is 24.4 Å². The molecule has 0 saturated heterocycles. The van der Waals surface area contributed by atoms with E-state index in [-0.39, 0.29) is 13.1 Å². The van der Waals surface area contributed by atoms with Crippen molar-refractivity contribution in [3.05, 3.63) is 72.6 Å². The Morgan fingerprint density at radius 3 is 2.16 bits per heavy atom. The molecule has 3 aromatic rings. The van der Waals surface area contributed by atoms with Gasteiger partial charge >= 0.3 is 12.0 Å². The molecule has 0 unspecified atom stereocenters. The first-order valence-corrected chi connectivity index (χ1v) is 16.4. The molecule has 0 aliphatic heterocycles. The number of nitrogens with zero attached hydrogens (tertiary/aromatic N) is 4. The third-order valence-corrected chi connectivity index (χ3v) is 7.50. The van der Waals surface area contributed by atoms with Crippen LogP contribution in [0.1, 0.15) is 53.5 Å². The van der Waals surface area contributed by atoms with E-state index in [2.05, 4.69) is 15.7 Å². The molecule has 2 N–H and O–H groups in total. The van der Waals surface area contributed by atoms with Gasteiger partial charge in [0.15, 0.2) is 6.29 Å². The number of carbonyl (C=O) groups is 4. The fourth-order valence-electron chi connectivity index (χ4n) is 5.21. The molecular weight excluding hydrogens is 628 g/mol. The number of pyridine rings is 1. The molecule has 3 rings (SSSR count). The highest BCUT2D eigenvalue weighted by Crippen LogP contribution is 2.24. The van der Waals surface area contributed by atoms with E-state index < -0.39 is 54.2 Å². The van der Waals surface area contributed by atoms with Gasteiger partial charge in [-0.1, -0.05) is 42.5 Å². The molecule has 2 atom stereocenters. The first-order chi connectivity index (χ1) is 23.2. The van der Waals surface area contributed by atoms with Crippen LogP contribution in [0.5, 0.6) is 0 Å². The van der Waals surface area contributed by atoms with E-state index in [0.717, 1.165) is 16.3 Å². The second-order valence-electron chi connectivity index (χ2n) is 12.6. The maximum absolute atomic E-state index is 14.6. The van der Waals surface area contributed by atoms with Crippen molar-refractivity contribution in [2.24, 2.45) is 0 Å². The number of urea groups is 1. The molecule has 0 bridgehead atoms. The fraction of sp³-hybridized carbons (Fsp3) is 0.472. The van der Waals surface area contributed by atoms with Crippen LogP contribution in [0.15, 0.2) is 67.0 Å². The number of carbonyl (C=O) groups excluding carboxylic acids is 4. The number of fused-ring (bicyclic) bond motifs is 1. The number of hydrogen-bond donors (Lipinski definition) is 2. The van der Waals surface area contributed by atoms with Crippen molar-refractivity contribution in [1.29, 1.82) is 0 Å². The zero-order chi connectivity index (χ0) is 36.1. The van der Waals surface area contributed by atoms with Gasteiger partial charge in [-0.15, -0.1) is 0 Å². The number of amides is 4. The van der Waals surface area contributed by atoms with Crippen molar-refractivity contribution in [3.63, 3.8) is 0 Å². The Labute approximate surface area is 288 Å². The van der Waals surface area contributed by atoms with Gasteiger partial charge in [-0.3, -0.25) is 29.7 Å². The highest BCUT2D eigenvalue weighted by atomic mass is 16.7. The number of rotatable bonds is 16. The lowest BCUT2D eigenvalue weighted by molar-refractivity contribution is -0.180. The standard InChI is InChI=1S/C36H50N6O7/c1-9-47-34(48-10-2)25(3)42(23-27-16-13-15-26-14-11-12-17-29(26)27)33(45)30(22-32(44)49-36(4,5)6)38-31(43)24-40(7)39-35(46)41(8)28-18-20-37-21-19-28/h11-21,25,30,34H,9-10,22-24H2,1-8H3,(H,38,43)(H,39,46)/t25-,30-/m0/s1. The average Bonchev–Trinajstić information content (AvgIpc) is 3.05. The highest BCUT2D eigenvalue weighted by molar-refractivity contribution is 5.93. The average molecular weight is 679 g/mol. The van der Waals surface area contributed by atoms with Crippen LogP contribution in [0.2, 0.25) is 0 Å². The number of hydrazine groups is 1. The molecule has 4 amide bonds. The Kier molecular flexibility index (Phi) is 14.5. The van der Waals surface area contributed by atoms with Crippen molar-refractivity contribution >= 4 is 40.3 Å². The zero-order valence-electron chi connectivity index (χ0n) is 29.8. The molecule has 0 spiro atoms. The molecule has 49 heavy (non-hydrogen) atoms. The number of hydrogen-bond acceptors (Lipinski definition) is 9. The summed E-state index contributed by atoms with van der Waals surface area (Å²) in [5.41, 5.74) is 3.29. The molecule has 0 aliphatic rings. The molecular formula is C36H50N6O7. The van der Waals surface area contributed by atoms with E-state index in [0.29, 0.717) is 18.9 Å². The number of benzene rings is 2. The van der Waals surface area contributed by atoms with Gasteiger partial charge in [-0.2, -0.15) is 0 Å². The van der Waals surface area contributed by atoms with Crippen molar-refractivity contribution in [1.82, 2.24) is 25.6 Å². The van der Waals surface area contributed by atoms with E-state index in [1.165, 1.54) is 17.0 Å². The van der Waals surface area contributed by atoms with Crippen molar-refractivity contribution in [2.75, 3.05) is 38.8 Å². The van der Waals surface area contributed by atoms with E-state index >= 15 is 0 Å². The quantitative estimate of drug-likeness (QED) is 0.129. The monoisotopic (exact) mass is 678 g/mol. The smallest absolute Gasteiger partial charge is 0.336 e. The maximum atomic E-state index is 14.6. The van der Waals surface area contributed by atoms with E-state index in [1.54, 1.807) is 57.2 Å². The van der Waals surface area contributed by atoms with Gasteiger partial charge in [0.2, 0.25) is 11.8 Å². The van der Waals surface area contributed by atoms with Gasteiger partial charge in [-0.25, -0.2) is 9.80 Å². The molecule has 0 saturated carbocycles. The molecule has 0 aliphatic carbocycles. The molecule has 0 fully saturated rings. The Bertz CT molecular complexity index is 1540. The summed E-state index contributed by atoms with van der Waals surface area (Å²) < 4.78 is 17.4. The second kappa shape index (κ2) is 18.2. The number of likely N-dealkylation sites (N-methyl/N-ethyl adjacent to an activating group) is 1. The number of anilines is 1. The van der Waals surface area contributed by atoms with Gasteiger partial charge in [-0.05, 0) is 70.0 Å². The molecule has 1 aromatic heterocycles. The molecule has 13 heteroatoms. The number of aromatic nitrogens is 1. The summed E-state index contributed by atoms with van der Waals surface area (Å²) >= 11 is 0. The predicted octanol–water partition coefficient (Wildman–Crippen LogP) is 4.26. The van der Waals surface area contributed by atoms with E-state index in [4.69, 9.17) is 14.2 Å². The number of ether oxygens (including phenoxy) is 3. The Morgan fingerprint density at radius 1 is 0.898 bits per heavy atom. The summed E-state index contributed by atoms with van der Waals surface area (Å²) in [7, 11) is 3.10. The van der Waals surface area contributed by atoms with Crippen molar-refractivity contribution in [3.8, 4) is 0 Å². The van der Waals surface area contributed by atoms with Gasteiger partial charge in [0.1, 0.15) is 11.6 Å². The largest absolute Gasteiger partial charge is 0.460 e. The van der Waals surface area contributed by atoms with Crippen LogP contribution >= 0.6 is 0 Å². The molecule has 266 valence electrons. The summed E-state index contributed by atoms with van der Waals surface area (Å²) in [6.07, 6.45) is 1.93. The minimum absolute atomic E-state index is 0.149. The molecule has 2 aromatic carbocycles. The first-order valence-electron chi connectivity index (χ1n) is 16.4. The predicted molar refractivity (Wildman–Crippen MR) is 187 cm³/mol. The van der Waals surface area contributed by atoms with Crippen molar-refractivity contribution in [2.45, 2.75) is 78.5 Å². The topological polar surface area (TPSA) is 143 Å². The van der Waals surface area contributed by atoms with E-state index in [9.17, 15) is 19.2 Å². The lowest BCUT2D eigenvalue weighted by Gasteiger charge is -2.37. The summed E-state index contributed by atoms with van der Waals surface area (Å²) in [6, 6.07) is 14.6. The minimum Gasteiger partial charge on any atom is -0.460 e. The van der Waals surface area contributed by atoms with Gasteiger partial charge in [0.05, 0.1) is 19.0 Å². The minimum atomic E-state index is -1.30. The summed E-state index contributed by atoms with van der Waals surface area (Å²) in [6.45, 7) is 11.2.